The van der Waals surface area contributed by atoms with Gasteiger partial charge < -0.3 is 5.73 Å². The topological polar surface area (TPSA) is 64.7 Å². The lowest BCUT2D eigenvalue weighted by Crippen LogP contribution is -2.14. The van der Waals surface area contributed by atoms with Crippen LogP contribution in [0.2, 0.25) is 0 Å². The first-order chi connectivity index (χ1) is 9.02. The van der Waals surface area contributed by atoms with Crippen LogP contribution in [0.3, 0.4) is 0 Å². The average molecular weight is 321 g/mol. The predicted molar refractivity (Wildman–Crippen MR) is 79.9 cm³/mol. The quantitative estimate of drug-likeness (QED) is 0.944. The maximum absolute atomic E-state index is 5.73. The molecule has 1 atom stereocenters. The molecule has 19 heavy (non-hydrogen) atoms. The van der Waals surface area contributed by atoms with Gasteiger partial charge in [-0.2, -0.15) is 0 Å². The van der Waals surface area contributed by atoms with Crippen molar-refractivity contribution < 1.29 is 0 Å². The van der Waals surface area contributed by atoms with Crippen LogP contribution in [-0.2, 0) is 0 Å². The number of nitrogens with zero attached hydrogens (tertiary/aromatic N) is 3. The average Bonchev–Trinajstić information content (AvgIpc) is 2.38. The zero-order valence-electron chi connectivity index (χ0n) is 11.3. The molecule has 1 unspecified atom stereocenters. The Balaban J connectivity index is 2.48. The molecule has 0 aromatic carbocycles. The molecule has 0 amide bonds. The highest BCUT2D eigenvalue weighted by molar-refractivity contribution is 9.10. The summed E-state index contributed by atoms with van der Waals surface area (Å²) in [6.07, 6.45) is 1.75. The molecule has 0 aliphatic heterocycles. The third-order valence-electron chi connectivity index (χ3n) is 3.13. The molecule has 2 aromatic heterocycles. The van der Waals surface area contributed by atoms with Crippen LogP contribution in [0.1, 0.15) is 29.8 Å². The van der Waals surface area contributed by atoms with E-state index in [4.69, 9.17) is 5.73 Å². The predicted octanol–water partition coefficient (Wildman–Crippen LogP) is 2.98. The molecule has 2 aromatic rings. The number of aryl methyl sites for hydroxylation is 2. The second-order valence-corrected chi connectivity index (χ2v) is 5.55. The Hall–Kier alpha value is -1.33. The second-order valence-electron chi connectivity index (χ2n) is 4.63. The van der Waals surface area contributed by atoms with Crippen molar-refractivity contribution in [3.05, 3.63) is 39.8 Å². The van der Waals surface area contributed by atoms with E-state index < -0.39 is 0 Å². The molecule has 0 fully saturated rings. The lowest BCUT2D eigenvalue weighted by atomic mass is 9.98. The first kappa shape index (κ1) is 14.1. The standard InChI is InChI=1S/C14H17BrN4/c1-8(6-16)13-9(2)18-14(19-10(13)3)12-5-4-11(15)7-17-12/h4-5,7-8H,6,16H2,1-3H3. The van der Waals surface area contributed by atoms with Crippen molar-refractivity contribution in [3.63, 3.8) is 0 Å². The van der Waals surface area contributed by atoms with E-state index in [9.17, 15) is 0 Å². The number of hydrogen-bond acceptors (Lipinski definition) is 4. The van der Waals surface area contributed by atoms with Crippen LogP contribution in [-0.4, -0.2) is 21.5 Å². The molecule has 0 aliphatic carbocycles. The number of nitrogens with two attached hydrogens (primary N) is 1. The molecule has 2 rings (SSSR count). The van der Waals surface area contributed by atoms with Crippen LogP contribution >= 0.6 is 15.9 Å². The van der Waals surface area contributed by atoms with Gasteiger partial charge in [0.25, 0.3) is 0 Å². The van der Waals surface area contributed by atoms with Gasteiger partial charge in [-0.25, -0.2) is 9.97 Å². The number of pyridine rings is 1. The van der Waals surface area contributed by atoms with Crippen LogP contribution in [0.25, 0.3) is 11.5 Å². The van der Waals surface area contributed by atoms with E-state index in [0.717, 1.165) is 27.1 Å². The van der Waals surface area contributed by atoms with E-state index in [1.807, 2.05) is 26.0 Å². The highest BCUT2D eigenvalue weighted by atomic mass is 79.9. The zero-order chi connectivity index (χ0) is 14.0. The summed E-state index contributed by atoms with van der Waals surface area (Å²) >= 11 is 3.37. The van der Waals surface area contributed by atoms with Gasteiger partial charge in [0.2, 0.25) is 0 Å². The molecule has 0 saturated carbocycles. The number of halogens is 1. The third-order valence-corrected chi connectivity index (χ3v) is 3.60. The van der Waals surface area contributed by atoms with Gasteiger partial charge >= 0.3 is 0 Å². The summed E-state index contributed by atoms with van der Waals surface area (Å²) in [6, 6.07) is 3.84. The summed E-state index contributed by atoms with van der Waals surface area (Å²) in [4.78, 5) is 13.4. The van der Waals surface area contributed by atoms with Crippen molar-refractivity contribution >= 4 is 15.9 Å². The van der Waals surface area contributed by atoms with E-state index in [0.29, 0.717) is 12.4 Å². The lowest BCUT2D eigenvalue weighted by molar-refractivity contribution is 0.743. The Morgan fingerprint density at radius 2 is 1.84 bits per heavy atom. The highest BCUT2D eigenvalue weighted by Crippen LogP contribution is 2.23. The molecule has 2 N–H and O–H groups in total. The monoisotopic (exact) mass is 320 g/mol. The van der Waals surface area contributed by atoms with Gasteiger partial charge in [-0.3, -0.25) is 4.98 Å². The van der Waals surface area contributed by atoms with Crippen LogP contribution in [0.15, 0.2) is 22.8 Å². The van der Waals surface area contributed by atoms with Gasteiger partial charge in [-0.1, -0.05) is 6.92 Å². The maximum atomic E-state index is 5.73. The van der Waals surface area contributed by atoms with Crippen molar-refractivity contribution in [1.82, 2.24) is 15.0 Å². The maximum Gasteiger partial charge on any atom is 0.178 e. The molecule has 5 heteroatoms. The summed E-state index contributed by atoms with van der Waals surface area (Å²) in [7, 11) is 0. The van der Waals surface area contributed by atoms with Crippen molar-refractivity contribution in [2.45, 2.75) is 26.7 Å². The Morgan fingerprint density at radius 1 is 1.21 bits per heavy atom. The van der Waals surface area contributed by atoms with E-state index >= 15 is 0 Å². The Labute approximate surface area is 121 Å². The summed E-state index contributed by atoms with van der Waals surface area (Å²) in [5.41, 5.74) is 9.61. The van der Waals surface area contributed by atoms with Crippen LogP contribution < -0.4 is 5.73 Å². The summed E-state index contributed by atoms with van der Waals surface area (Å²) in [5.74, 6) is 0.933. The smallest absolute Gasteiger partial charge is 0.178 e. The molecular formula is C14H17BrN4. The minimum atomic E-state index is 0.270. The second kappa shape index (κ2) is 5.75. The molecule has 2 heterocycles. The molecule has 0 aliphatic rings. The van der Waals surface area contributed by atoms with Gasteiger partial charge in [0.05, 0.1) is 0 Å². The van der Waals surface area contributed by atoms with Gasteiger partial charge in [-0.15, -0.1) is 0 Å². The van der Waals surface area contributed by atoms with E-state index in [1.165, 1.54) is 0 Å². The molecular weight excluding hydrogens is 304 g/mol. The zero-order valence-corrected chi connectivity index (χ0v) is 12.9. The molecule has 0 bridgehead atoms. The summed E-state index contributed by atoms with van der Waals surface area (Å²) < 4.78 is 0.943. The number of aromatic nitrogens is 3. The van der Waals surface area contributed by atoms with Crippen LogP contribution in [0.5, 0.6) is 0 Å². The minimum Gasteiger partial charge on any atom is -0.330 e. The minimum absolute atomic E-state index is 0.270. The normalized spacial score (nSPS) is 12.5. The Morgan fingerprint density at radius 3 is 2.32 bits per heavy atom. The lowest BCUT2D eigenvalue weighted by Gasteiger charge is -2.15. The van der Waals surface area contributed by atoms with Crippen molar-refractivity contribution in [2.24, 2.45) is 5.73 Å². The Bertz CT molecular complexity index is 557. The SMILES string of the molecule is Cc1nc(-c2ccc(Br)cn2)nc(C)c1C(C)CN. The largest absolute Gasteiger partial charge is 0.330 e. The van der Waals surface area contributed by atoms with Gasteiger partial charge in [0.1, 0.15) is 5.69 Å². The van der Waals surface area contributed by atoms with Crippen molar-refractivity contribution in [3.8, 4) is 11.5 Å². The van der Waals surface area contributed by atoms with Gasteiger partial charge in [0.15, 0.2) is 5.82 Å². The van der Waals surface area contributed by atoms with E-state index in [2.05, 4.69) is 37.8 Å². The fourth-order valence-corrected chi connectivity index (χ4v) is 2.41. The Kier molecular flexibility index (Phi) is 4.27. The highest BCUT2D eigenvalue weighted by Gasteiger charge is 2.15. The fraction of sp³-hybridized carbons (Fsp3) is 0.357. The molecule has 0 saturated heterocycles. The van der Waals surface area contributed by atoms with Crippen LogP contribution in [0.4, 0.5) is 0 Å². The summed E-state index contributed by atoms with van der Waals surface area (Å²) in [5, 5.41) is 0. The van der Waals surface area contributed by atoms with E-state index in [-0.39, 0.29) is 5.92 Å². The van der Waals surface area contributed by atoms with Crippen molar-refractivity contribution in [2.75, 3.05) is 6.54 Å². The van der Waals surface area contributed by atoms with E-state index in [1.54, 1.807) is 6.20 Å². The molecule has 0 spiro atoms. The first-order valence-electron chi connectivity index (χ1n) is 6.20. The molecule has 4 nitrogen and oxygen atoms in total. The van der Waals surface area contributed by atoms with Gasteiger partial charge in [-0.05, 0) is 59.9 Å². The third kappa shape index (κ3) is 2.98. The van der Waals surface area contributed by atoms with Crippen LogP contribution in [0, 0.1) is 13.8 Å². The van der Waals surface area contributed by atoms with Crippen molar-refractivity contribution in [1.29, 1.82) is 0 Å². The number of hydrogen-bond donors (Lipinski definition) is 1. The molecule has 0 radical (unpaired) electrons. The summed E-state index contributed by atoms with van der Waals surface area (Å²) in [6.45, 7) is 6.69. The molecule has 100 valence electrons. The number of rotatable bonds is 3. The first-order valence-corrected chi connectivity index (χ1v) is 6.99. The van der Waals surface area contributed by atoms with Gasteiger partial charge in [0, 0.05) is 22.1 Å². The fourth-order valence-electron chi connectivity index (χ4n) is 2.18.